The van der Waals surface area contributed by atoms with Crippen LogP contribution in [0.25, 0.3) is 0 Å². The summed E-state index contributed by atoms with van der Waals surface area (Å²) < 4.78 is 5.33. The zero-order valence-corrected chi connectivity index (χ0v) is 16.2. The molecule has 2 heterocycles. The van der Waals surface area contributed by atoms with Crippen molar-refractivity contribution in [2.75, 3.05) is 40.0 Å². The molecule has 0 atom stereocenters. The standard InChI is InChI=1S/C19H28N4OS/c1-22-9-7-15(8-10-22)23(2)13-17-18(25-19(20)21-17)12-14-5-4-6-16(11-14)24-3/h4-6,11,15H,7-10,12-13H2,1-3H3,(H2,20,21). The second-order valence-electron chi connectivity index (χ2n) is 6.90. The van der Waals surface area contributed by atoms with Crippen LogP contribution in [-0.2, 0) is 13.0 Å². The van der Waals surface area contributed by atoms with Crippen molar-refractivity contribution in [2.24, 2.45) is 0 Å². The maximum atomic E-state index is 6.02. The van der Waals surface area contributed by atoms with Crippen LogP contribution in [0.15, 0.2) is 24.3 Å². The van der Waals surface area contributed by atoms with Crippen molar-refractivity contribution in [3.8, 4) is 5.75 Å². The molecule has 0 saturated carbocycles. The minimum Gasteiger partial charge on any atom is -0.497 e. The number of nitrogen functional groups attached to an aromatic ring is 1. The highest BCUT2D eigenvalue weighted by Gasteiger charge is 2.22. The highest BCUT2D eigenvalue weighted by Crippen LogP contribution is 2.27. The summed E-state index contributed by atoms with van der Waals surface area (Å²) in [5.41, 5.74) is 8.36. The first kappa shape index (κ1) is 18.2. The first-order valence-electron chi connectivity index (χ1n) is 8.81. The number of nitrogens with zero attached hydrogens (tertiary/aromatic N) is 3. The van der Waals surface area contributed by atoms with Crippen LogP contribution >= 0.6 is 11.3 Å². The van der Waals surface area contributed by atoms with Crippen molar-refractivity contribution in [2.45, 2.75) is 31.8 Å². The van der Waals surface area contributed by atoms with Crippen LogP contribution in [0.1, 0.15) is 29.0 Å². The van der Waals surface area contributed by atoms with Crippen LogP contribution < -0.4 is 10.5 Å². The third-order valence-corrected chi connectivity index (χ3v) is 5.93. The summed E-state index contributed by atoms with van der Waals surface area (Å²) in [6.45, 7) is 3.21. The van der Waals surface area contributed by atoms with E-state index in [-0.39, 0.29) is 0 Å². The van der Waals surface area contributed by atoms with E-state index in [0.29, 0.717) is 11.2 Å². The quantitative estimate of drug-likeness (QED) is 0.858. The molecule has 0 amide bonds. The van der Waals surface area contributed by atoms with Crippen molar-refractivity contribution >= 4 is 16.5 Å². The van der Waals surface area contributed by atoms with E-state index in [1.165, 1.54) is 36.4 Å². The van der Waals surface area contributed by atoms with Gasteiger partial charge in [0.05, 0.1) is 12.8 Å². The Morgan fingerprint density at radius 3 is 2.84 bits per heavy atom. The number of ether oxygens (including phenoxy) is 1. The third kappa shape index (κ3) is 4.71. The predicted octanol–water partition coefficient (Wildman–Crippen LogP) is 2.85. The van der Waals surface area contributed by atoms with Crippen molar-refractivity contribution in [3.05, 3.63) is 40.4 Å². The van der Waals surface area contributed by atoms with Gasteiger partial charge in [-0.15, -0.1) is 11.3 Å². The normalized spacial score (nSPS) is 16.5. The Hall–Kier alpha value is -1.63. The molecule has 6 heteroatoms. The SMILES string of the molecule is COc1cccc(Cc2sc(N)nc2CN(C)C2CCN(C)CC2)c1. The Morgan fingerprint density at radius 2 is 2.12 bits per heavy atom. The van der Waals surface area contributed by atoms with Gasteiger partial charge in [-0.25, -0.2) is 4.98 Å². The average Bonchev–Trinajstić information content (AvgIpc) is 2.94. The molecule has 1 aliphatic heterocycles. The van der Waals surface area contributed by atoms with Gasteiger partial charge in [-0.2, -0.15) is 0 Å². The van der Waals surface area contributed by atoms with E-state index in [2.05, 4.69) is 41.0 Å². The Labute approximate surface area is 154 Å². The van der Waals surface area contributed by atoms with E-state index in [4.69, 9.17) is 10.5 Å². The minimum atomic E-state index is 0.629. The number of rotatable bonds is 6. The molecule has 0 aliphatic carbocycles. The van der Waals surface area contributed by atoms with Crippen molar-refractivity contribution in [3.63, 3.8) is 0 Å². The van der Waals surface area contributed by atoms with Crippen molar-refractivity contribution in [1.29, 1.82) is 0 Å². The maximum Gasteiger partial charge on any atom is 0.180 e. The van der Waals surface area contributed by atoms with Gasteiger partial charge in [0.25, 0.3) is 0 Å². The summed E-state index contributed by atoms with van der Waals surface area (Å²) in [5, 5.41) is 0.657. The zero-order valence-electron chi connectivity index (χ0n) is 15.4. The van der Waals surface area contributed by atoms with Crippen molar-refractivity contribution < 1.29 is 4.74 Å². The van der Waals surface area contributed by atoms with Crippen LogP contribution in [0.4, 0.5) is 5.13 Å². The lowest BCUT2D eigenvalue weighted by Crippen LogP contribution is -2.41. The molecule has 0 spiro atoms. The molecule has 3 rings (SSSR count). The third-order valence-electron chi connectivity index (χ3n) is 5.00. The van der Waals surface area contributed by atoms with Gasteiger partial charge in [-0.1, -0.05) is 12.1 Å². The second-order valence-corrected chi connectivity index (χ2v) is 8.02. The smallest absolute Gasteiger partial charge is 0.180 e. The molecule has 1 aromatic carbocycles. The minimum absolute atomic E-state index is 0.629. The molecule has 0 unspecified atom stereocenters. The van der Waals surface area contributed by atoms with E-state index >= 15 is 0 Å². The average molecular weight is 361 g/mol. The molecule has 2 aromatic rings. The number of piperidine rings is 1. The van der Waals surface area contributed by atoms with Crippen LogP contribution in [0.2, 0.25) is 0 Å². The van der Waals surface area contributed by atoms with Gasteiger partial charge in [0.15, 0.2) is 5.13 Å². The fraction of sp³-hybridized carbons (Fsp3) is 0.526. The number of anilines is 1. The second kappa shape index (κ2) is 8.17. The molecule has 136 valence electrons. The Kier molecular flexibility index (Phi) is 5.93. The topological polar surface area (TPSA) is 54.6 Å². The van der Waals surface area contributed by atoms with Gasteiger partial charge in [0.2, 0.25) is 0 Å². The van der Waals surface area contributed by atoms with Gasteiger partial charge in [0.1, 0.15) is 5.75 Å². The van der Waals surface area contributed by atoms with E-state index in [0.717, 1.165) is 24.4 Å². The fourth-order valence-corrected chi connectivity index (χ4v) is 4.31. The fourth-order valence-electron chi connectivity index (χ4n) is 3.43. The molecule has 1 saturated heterocycles. The van der Waals surface area contributed by atoms with Gasteiger partial charge in [0, 0.05) is 23.9 Å². The molecule has 25 heavy (non-hydrogen) atoms. The summed E-state index contributed by atoms with van der Waals surface area (Å²) in [7, 11) is 6.11. The van der Waals surface area contributed by atoms with Crippen LogP contribution in [0.3, 0.4) is 0 Å². The number of methoxy groups -OCH3 is 1. The first-order valence-corrected chi connectivity index (χ1v) is 9.62. The summed E-state index contributed by atoms with van der Waals surface area (Å²) in [6, 6.07) is 8.84. The predicted molar refractivity (Wildman–Crippen MR) is 104 cm³/mol. The van der Waals surface area contributed by atoms with Gasteiger partial charge in [-0.05, 0) is 57.7 Å². The highest BCUT2D eigenvalue weighted by atomic mass is 32.1. The monoisotopic (exact) mass is 360 g/mol. The van der Waals surface area contributed by atoms with Crippen molar-refractivity contribution in [1.82, 2.24) is 14.8 Å². The number of hydrogen-bond acceptors (Lipinski definition) is 6. The Bertz CT molecular complexity index is 694. The molecule has 1 aromatic heterocycles. The van der Waals surface area contributed by atoms with Gasteiger partial charge in [-0.3, -0.25) is 4.90 Å². The number of thiazole rings is 1. The summed E-state index contributed by atoms with van der Waals surface area (Å²) >= 11 is 1.60. The summed E-state index contributed by atoms with van der Waals surface area (Å²) in [6.07, 6.45) is 3.29. The number of nitrogens with two attached hydrogens (primary N) is 1. The molecule has 1 fully saturated rings. The largest absolute Gasteiger partial charge is 0.497 e. The van der Waals surface area contributed by atoms with E-state index < -0.39 is 0 Å². The van der Waals surface area contributed by atoms with E-state index in [1.807, 2.05) is 12.1 Å². The lowest BCUT2D eigenvalue weighted by molar-refractivity contribution is 0.138. The lowest BCUT2D eigenvalue weighted by Gasteiger charge is -2.34. The molecular weight excluding hydrogens is 332 g/mol. The molecule has 0 bridgehead atoms. The first-order chi connectivity index (χ1) is 12.0. The highest BCUT2D eigenvalue weighted by molar-refractivity contribution is 7.15. The molecule has 0 radical (unpaired) electrons. The van der Waals surface area contributed by atoms with Crippen LogP contribution in [0.5, 0.6) is 5.75 Å². The van der Waals surface area contributed by atoms with E-state index in [9.17, 15) is 0 Å². The number of benzene rings is 1. The van der Waals surface area contributed by atoms with Crippen LogP contribution in [0, 0.1) is 0 Å². The lowest BCUT2D eigenvalue weighted by atomic mass is 10.0. The summed E-state index contributed by atoms with van der Waals surface area (Å²) in [4.78, 5) is 10.7. The van der Waals surface area contributed by atoms with Crippen LogP contribution in [-0.4, -0.2) is 55.1 Å². The molecular formula is C19H28N4OS. The maximum absolute atomic E-state index is 6.02. The van der Waals surface area contributed by atoms with Gasteiger partial charge >= 0.3 is 0 Å². The molecule has 1 aliphatic rings. The Balaban J connectivity index is 1.70. The number of hydrogen-bond donors (Lipinski definition) is 1. The number of likely N-dealkylation sites (tertiary alicyclic amines) is 1. The van der Waals surface area contributed by atoms with Gasteiger partial charge < -0.3 is 15.4 Å². The number of aromatic nitrogens is 1. The zero-order chi connectivity index (χ0) is 17.8. The Morgan fingerprint density at radius 1 is 1.36 bits per heavy atom. The molecule has 5 nitrogen and oxygen atoms in total. The molecule has 2 N–H and O–H groups in total. The summed E-state index contributed by atoms with van der Waals surface area (Å²) in [5.74, 6) is 0.889. The van der Waals surface area contributed by atoms with E-state index in [1.54, 1.807) is 18.4 Å².